The lowest BCUT2D eigenvalue weighted by atomic mass is 9.69. The summed E-state index contributed by atoms with van der Waals surface area (Å²) in [6.07, 6.45) is 1.94. The Kier molecular flexibility index (Phi) is 4.71. The van der Waals surface area contributed by atoms with E-state index in [9.17, 15) is 0 Å². The lowest BCUT2D eigenvalue weighted by Crippen LogP contribution is -2.26. The zero-order chi connectivity index (χ0) is 31.0. The minimum Gasteiger partial charge on any atom is -0.256 e. The third kappa shape index (κ3) is 2.99. The summed E-state index contributed by atoms with van der Waals surface area (Å²) in [5.41, 5.74) is 21.8. The van der Waals surface area contributed by atoms with Crippen molar-refractivity contribution in [2.45, 2.75) is 19.3 Å². The van der Waals surface area contributed by atoms with E-state index in [-0.39, 0.29) is 0 Å². The van der Waals surface area contributed by atoms with Gasteiger partial charge in [-0.15, -0.1) is 0 Å². The van der Waals surface area contributed by atoms with Crippen molar-refractivity contribution in [3.05, 3.63) is 173 Å². The highest BCUT2D eigenvalue weighted by molar-refractivity contribution is 6.22. The Labute approximate surface area is 273 Å². The molecule has 1 spiro atoms. The van der Waals surface area contributed by atoms with Crippen LogP contribution in [0.15, 0.2) is 140 Å². The van der Waals surface area contributed by atoms with Crippen molar-refractivity contribution < 1.29 is 0 Å². The Morgan fingerprint density at radius 3 is 1.81 bits per heavy atom. The second kappa shape index (κ2) is 8.72. The Balaban J connectivity index is 1.41. The van der Waals surface area contributed by atoms with E-state index in [4.69, 9.17) is 4.98 Å². The summed E-state index contributed by atoms with van der Waals surface area (Å²) in [5, 5.41) is 3.80. The Morgan fingerprint density at radius 1 is 0.404 bits per heavy atom. The van der Waals surface area contributed by atoms with Crippen LogP contribution in [0.2, 0.25) is 0 Å². The summed E-state index contributed by atoms with van der Waals surface area (Å²) >= 11 is 0. The van der Waals surface area contributed by atoms with Crippen molar-refractivity contribution in [2.24, 2.45) is 0 Å². The second-order valence-electron chi connectivity index (χ2n) is 13.6. The average Bonchev–Trinajstić information content (AvgIpc) is 3.69. The van der Waals surface area contributed by atoms with Crippen LogP contribution < -0.4 is 0 Å². The molecule has 3 aliphatic rings. The van der Waals surface area contributed by atoms with Crippen LogP contribution in [0.5, 0.6) is 0 Å². The first-order chi connectivity index (χ1) is 23.1. The second-order valence-corrected chi connectivity index (χ2v) is 13.6. The molecule has 0 fully saturated rings. The Morgan fingerprint density at radius 2 is 1.04 bits per heavy atom. The Hall–Kier alpha value is -5.79. The van der Waals surface area contributed by atoms with Crippen LogP contribution in [0.25, 0.3) is 77.3 Å². The maximum absolute atomic E-state index is 5.05. The topological polar surface area (TPSA) is 12.9 Å². The summed E-state index contributed by atoms with van der Waals surface area (Å²) in [7, 11) is 0. The van der Waals surface area contributed by atoms with Gasteiger partial charge in [-0.3, -0.25) is 4.98 Å². The summed E-state index contributed by atoms with van der Waals surface area (Å²) in [5.74, 6) is 0. The van der Waals surface area contributed by atoms with Crippen molar-refractivity contribution in [1.82, 2.24) is 4.98 Å². The minimum atomic E-state index is -0.431. The Bertz CT molecular complexity index is 2650. The molecule has 0 atom stereocenters. The number of hydrogen-bond donors (Lipinski definition) is 0. The molecule has 0 saturated heterocycles. The molecule has 0 unspecified atom stereocenters. The highest BCUT2D eigenvalue weighted by Crippen LogP contribution is 2.67. The molecular weight excluding hydrogens is 567 g/mol. The molecule has 0 aliphatic heterocycles. The molecule has 7 aromatic carbocycles. The number of hydrogen-bond acceptors (Lipinski definition) is 1. The highest BCUT2D eigenvalue weighted by Gasteiger charge is 2.53. The third-order valence-electron chi connectivity index (χ3n) is 11.1. The van der Waals surface area contributed by atoms with Gasteiger partial charge in [0.15, 0.2) is 0 Å². The van der Waals surface area contributed by atoms with Crippen molar-refractivity contribution in [2.75, 3.05) is 0 Å². The SMILES string of the molecule is Cc1ccc2c(c1)C1(c3cc(C)ccc3-2)c2ccccc2-c2c1cc1c(c2-c2cccc3cccnc23)-c2cccc3cccc-1c23. The molecule has 1 heterocycles. The summed E-state index contributed by atoms with van der Waals surface area (Å²) < 4.78 is 0. The average molecular weight is 596 g/mol. The van der Waals surface area contributed by atoms with E-state index in [2.05, 4.69) is 141 Å². The third-order valence-corrected chi connectivity index (χ3v) is 11.1. The largest absolute Gasteiger partial charge is 0.256 e. The molecule has 1 nitrogen and oxygen atoms in total. The fourth-order valence-electron chi connectivity index (χ4n) is 9.40. The van der Waals surface area contributed by atoms with Gasteiger partial charge in [-0.05, 0) is 104 Å². The molecule has 8 aromatic rings. The van der Waals surface area contributed by atoms with E-state index in [0.717, 1.165) is 10.9 Å². The molecule has 0 bridgehead atoms. The molecule has 0 saturated carbocycles. The maximum Gasteiger partial charge on any atom is 0.0780 e. The maximum atomic E-state index is 5.05. The smallest absolute Gasteiger partial charge is 0.0780 e. The van der Waals surface area contributed by atoms with Gasteiger partial charge in [-0.2, -0.15) is 0 Å². The van der Waals surface area contributed by atoms with Crippen molar-refractivity contribution in [3.8, 4) is 55.6 Å². The molecular formula is C46H29N. The molecule has 0 N–H and O–H groups in total. The zero-order valence-corrected chi connectivity index (χ0v) is 26.2. The lowest BCUT2D eigenvalue weighted by molar-refractivity contribution is 0.792. The van der Waals surface area contributed by atoms with Crippen LogP contribution in [0.4, 0.5) is 0 Å². The number of benzene rings is 7. The van der Waals surface area contributed by atoms with Gasteiger partial charge in [0.25, 0.3) is 0 Å². The molecule has 0 amide bonds. The van der Waals surface area contributed by atoms with Crippen LogP contribution in [0, 0.1) is 13.8 Å². The van der Waals surface area contributed by atoms with E-state index in [1.54, 1.807) is 0 Å². The molecule has 1 heteroatoms. The number of para-hydroxylation sites is 1. The predicted octanol–water partition coefficient (Wildman–Crippen LogP) is 11.7. The molecule has 0 radical (unpaired) electrons. The first kappa shape index (κ1) is 25.4. The quantitative estimate of drug-likeness (QED) is 0.184. The van der Waals surface area contributed by atoms with Gasteiger partial charge in [0.2, 0.25) is 0 Å². The number of rotatable bonds is 1. The number of nitrogens with zero attached hydrogens (tertiary/aromatic N) is 1. The monoisotopic (exact) mass is 595 g/mol. The molecule has 3 aliphatic carbocycles. The van der Waals surface area contributed by atoms with Gasteiger partial charge < -0.3 is 0 Å². The minimum absolute atomic E-state index is 0.431. The van der Waals surface area contributed by atoms with Gasteiger partial charge >= 0.3 is 0 Å². The fraction of sp³-hybridized carbons (Fsp3) is 0.0652. The van der Waals surface area contributed by atoms with E-state index >= 15 is 0 Å². The van der Waals surface area contributed by atoms with Crippen molar-refractivity contribution in [3.63, 3.8) is 0 Å². The molecule has 47 heavy (non-hydrogen) atoms. The van der Waals surface area contributed by atoms with Crippen molar-refractivity contribution >= 4 is 21.7 Å². The fourth-order valence-corrected chi connectivity index (χ4v) is 9.40. The lowest BCUT2D eigenvalue weighted by Gasteiger charge is -2.31. The first-order valence-electron chi connectivity index (χ1n) is 16.5. The molecule has 218 valence electrons. The number of fused-ring (bicyclic) bond motifs is 14. The zero-order valence-electron chi connectivity index (χ0n) is 26.2. The van der Waals surface area contributed by atoms with Crippen LogP contribution >= 0.6 is 0 Å². The first-order valence-corrected chi connectivity index (χ1v) is 16.5. The van der Waals surface area contributed by atoms with Gasteiger partial charge in [-0.25, -0.2) is 0 Å². The summed E-state index contributed by atoms with van der Waals surface area (Å²) in [6.45, 7) is 4.47. The van der Waals surface area contributed by atoms with E-state index < -0.39 is 5.41 Å². The molecule has 1 aromatic heterocycles. The van der Waals surface area contributed by atoms with Crippen LogP contribution in [-0.4, -0.2) is 4.98 Å². The number of aryl methyl sites for hydroxylation is 2. The van der Waals surface area contributed by atoms with E-state index in [0.29, 0.717) is 0 Å². The normalized spacial score (nSPS) is 13.9. The van der Waals surface area contributed by atoms with Crippen LogP contribution in [-0.2, 0) is 5.41 Å². The number of aromatic nitrogens is 1. The van der Waals surface area contributed by atoms with E-state index in [1.165, 1.54) is 99.8 Å². The predicted molar refractivity (Wildman–Crippen MR) is 195 cm³/mol. The summed E-state index contributed by atoms with van der Waals surface area (Å²) in [6, 6.07) is 50.5. The molecule has 11 rings (SSSR count). The van der Waals surface area contributed by atoms with Gasteiger partial charge in [-0.1, -0.05) is 132 Å². The van der Waals surface area contributed by atoms with Gasteiger partial charge in [0.1, 0.15) is 0 Å². The van der Waals surface area contributed by atoms with Gasteiger partial charge in [0.05, 0.1) is 10.9 Å². The summed E-state index contributed by atoms with van der Waals surface area (Å²) in [4.78, 5) is 5.05. The number of pyridine rings is 1. The van der Waals surface area contributed by atoms with Crippen LogP contribution in [0.3, 0.4) is 0 Å². The van der Waals surface area contributed by atoms with Gasteiger partial charge in [0, 0.05) is 22.7 Å². The van der Waals surface area contributed by atoms with E-state index in [1.807, 2.05) is 12.3 Å². The standard InChI is InChI=1S/C46H29N/c1-26-18-20-30-31-21-19-27(2)24-39(31)46(38(30)23-26)37-17-4-3-13-33(37)43-40(46)25-36-32-14-5-9-28-10-6-15-34(41(28)32)42(36)44(43)35-16-7-11-29-12-8-22-47-45(29)35/h3-25H,1-2H3. The van der Waals surface area contributed by atoms with Crippen molar-refractivity contribution in [1.29, 1.82) is 0 Å². The highest BCUT2D eigenvalue weighted by atomic mass is 14.7. The van der Waals surface area contributed by atoms with Crippen LogP contribution in [0.1, 0.15) is 33.4 Å².